The van der Waals surface area contributed by atoms with Crippen LogP contribution in [0.5, 0.6) is 11.5 Å². The minimum absolute atomic E-state index is 0.0821. The number of rotatable bonds is 9. The number of aryl methyl sites for hydroxylation is 2. The molecular weight excluding hydrogens is 460 g/mol. The van der Waals surface area contributed by atoms with Gasteiger partial charge in [0.1, 0.15) is 6.54 Å². The van der Waals surface area contributed by atoms with Gasteiger partial charge in [-0.15, -0.1) is 0 Å². The third kappa shape index (κ3) is 5.76. The van der Waals surface area contributed by atoms with Gasteiger partial charge in [-0.3, -0.25) is 19.3 Å². The molecule has 1 heterocycles. The molecule has 0 atom stereocenters. The first-order valence-corrected chi connectivity index (χ1v) is 11.2. The summed E-state index contributed by atoms with van der Waals surface area (Å²) in [5.74, 6) is -1.84. The molecule has 1 saturated heterocycles. The monoisotopic (exact) mass is 484 g/mol. The van der Waals surface area contributed by atoms with Crippen LogP contribution in [0.2, 0.25) is 0 Å². The Hall–Kier alpha value is -3.79. The van der Waals surface area contributed by atoms with Gasteiger partial charge in [-0.2, -0.15) is 0 Å². The second-order valence-corrected chi connectivity index (χ2v) is 8.37. The van der Waals surface area contributed by atoms with E-state index in [2.05, 4.69) is 5.32 Å². The first-order valence-electron chi connectivity index (χ1n) is 10.4. The van der Waals surface area contributed by atoms with Crippen molar-refractivity contribution in [3.63, 3.8) is 0 Å². The van der Waals surface area contributed by atoms with Crippen molar-refractivity contribution in [2.24, 2.45) is 0 Å². The predicted molar refractivity (Wildman–Crippen MR) is 128 cm³/mol. The van der Waals surface area contributed by atoms with Crippen molar-refractivity contribution in [3.05, 3.63) is 58.0 Å². The number of nitrogens with one attached hydrogen (secondary N) is 1. The van der Waals surface area contributed by atoms with Gasteiger partial charge in [0.15, 0.2) is 18.1 Å². The van der Waals surface area contributed by atoms with Crippen LogP contribution in [-0.2, 0) is 14.4 Å². The molecular formula is C24H24N2O7S. The fourth-order valence-corrected chi connectivity index (χ4v) is 4.14. The third-order valence-corrected chi connectivity index (χ3v) is 5.76. The van der Waals surface area contributed by atoms with Gasteiger partial charge in [0.2, 0.25) is 5.91 Å². The number of para-hydroxylation sites is 2. The fraction of sp³-hybridized carbons (Fsp3) is 0.250. The Balaban J connectivity index is 1.81. The molecule has 0 unspecified atom stereocenters. The Morgan fingerprint density at radius 2 is 1.76 bits per heavy atom. The van der Waals surface area contributed by atoms with E-state index in [1.807, 2.05) is 32.0 Å². The Morgan fingerprint density at radius 3 is 2.41 bits per heavy atom. The lowest BCUT2D eigenvalue weighted by Crippen LogP contribution is -2.36. The van der Waals surface area contributed by atoms with Crippen molar-refractivity contribution in [1.82, 2.24) is 4.90 Å². The van der Waals surface area contributed by atoms with E-state index < -0.39 is 36.2 Å². The number of carbonyl (C=O) groups is 4. The average molecular weight is 485 g/mol. The number of anilines is 1. The molecule has 0 saturated carbocycles. The van der Waals surface area contributed by atoms with Crippen molar-refractivity contribution in [3.8, 4) is 11.5 Å². The lowest BCUT2D eigenvalue weighted by Gasteiger charge is -2.15. The minimum Gasteiger partial charge on any atom is -0.490 e. The molecule has 1 aliphatic heterocycles. The Labute approximate surface area is 200 Å². The first kappa shape index (κ1) is 24.8. The molecule has 10 heteroatoms. The molecule has 34 heavy (non-hydrogen) atoms. The van der Waals surface area contributed by atoms with Crippen molar-refractivity contribution < 1.29 is 33.8 Å². The van der Waals surface area contributed by atoms with E-state index in [1.165, 1.54) is 6.08 Å². The lowest BCUT2D eigenvalue weighted by atomic mass is 10.1. The number of amides is 3. The quantitative estimate of drug-likeness (QED) is 0.515. The minimum atomic E-state index is -1.17. The second-order valence-electron chi connectivity index (χ2n) is 7.37. The van der Waals surface area contributed by atoms with Gasteiger partial charge in [-0.25, -0.2) is 4.79 Å². The van der Waals surface area contributed by atoms with Crippen LogP contribution < -0.4 is 14.8 Å². The molecule has 3 amide bonds. The molecule has 0 spiro atoms. The van der Waals surface area contributed by atoms with E-state index in [1.54, 1.807) is 25.1 Å². The average Bonchev–Trinajstić information content (AvgIpc) is 3.03. The number of imide groups is 1. The highest BCUT2D eigenvalue weighted by Gasteiger charge is 2.36. The number of thioether (sulfide) groups is 1. The maximum Gasteiger partial charge on any atom is 0.341 e. The van der Waals surface area contributed by atoms with Crippen LogP contribution in [0.4, 0.5) is 10.5 Å². The summed E-state index contributed by atoms with van der Waals surface area (Å²) in [6.45, 7) is 4.75. The molecule has 0 aromatic heterocycles. The summed E-state index contributed by atoms with van der Waals surface area (Å²) in [7, 11) is 0. The molecule has 0 radical (unpaired) electrons. The highest BCUT2D eigenvalue weighted by atomic mass is 32.2. The Bertz CT molecular complexity index is 1160. The van der Waals surface area contributed by atoms with Gasteiger partial charge in [-0.05, 0) is 55.8 Å². The van der Waals surface area contributed by atoms with E-state index in [0.29, 0.717) is 35.4 Å². The van der Waals surface area contributed by atoms with Crippen LogP contribution in [0.25, 0.3) is 6.08 Å². The molecule has 178 valence electrons. The summed E-state index contributed by atoms with van der Waals surface area (Å²) in [4.78, 5) is 49.9. The van der Waals surface area contributed by atoms with Crippen LogP contribution in [-0.4, -0.2) is 52.8 Å². The SMILES string of the molecule is CCOc1cccc(/C=C2\SC(=O)N(CC(=O)Nc3c(C)cccc3C)C2=O)c1OCC(=O)O. The maximum absolute atomic E-state index is 12.9. The Morgan fingerprint density at radius 1 is 1.09 bits per heavy atom. The standard InChI is InChI=1S/C24H24N2O7S/c1-4-32-17-10-6-9-16(22(17)33-13-20(28)29)11-18-23(30)26(24(31)34-18)12-19(27)25-21-14(2)7-5-8-15(21)3/h5-11H,4,12-13H2,1-3H3,(H,25,27)(H,28,29)/b18-11-. The summed E-state index contributed by atoms with van der Waals surface area (Å²) < 4.78 is 10.9. The van der Waals surface area contributed by atoms with Gasteiger partial charge >= 0.3 is 5.97 Å². The van der Waals surface area contributed by atoms with Crippen molar-refractivity contribution in [2.75, 3.05) is 25.1 Å². The second kappa shape index (κ2) is 10.9. The number of hydrogen-bond acceptors (Lipinski definition) is 7. The molecule has 3 rings (SSSR count). The molecule has 2 N–H and O–H groups in total. The normalized spacial score (nSPS) is 14.4. The van der Waals surface area contributed by atoms with E-state index in [-0.39, 0.29) is 10.7 Å². The summed E-state index contributed by atoms with van der Waals surface area (Å²) >= 11 is 0.689. The number of carboxylic acid groups (broad SMARTS) is 1. The summed E-state index contributed by atoms with van der Waals surface area (Å²) in [5, 5.41) is 11.2. The van der Waals surface area contributed by atoms with E-state index in [9.17, 15) is 19.2 Å². The summed E-state index contributed by atoms with van der Waals surface area (Å²) in [5.41, 5.74) is 2.75. The largest absolute Gasteiger partial charge is 0.490 e. The zero-order chi connectivity index (χ0) is 24.8. The van der Waals surface area contributed by atoms with Gasteiger partial charge in [0.05, 0.1) is 11.5 Å². The summed E-state index contributed by atoms with van der Waals surface area (Å²) in [6, 6.07) is 10.5. The number of benzene rings is 2. The number of carbonyl (C=O) groups excluding carboxylic acids is 3. The van der Waals surface area contributed by atoms with Crippen LogP contribution in [0.15, 0.2) is 41.3 Å². The Kier molecular flexibility index (Phi) is 7.95. The predicted octanol–water partition coefficient (Wildman–Crippen LogP) is 3.84. The van der Waals surface area contributed by atoms with E-state index >= 15 is 0 Å². The molecule has 1 fully saturated rings. The number of hydrogen-bond donors (Lipinski definition) is 2. The number of ether oxygens (including phenoxy) is 2. The number of nitrogens with zero attached hydrogens (tertiary/aromatic N) is 1. The van der Waals surface area contributed by atoms with Crippen molar-refractivity contribution in [1.29, 1.82) is 0 Å². The smallest absolute Gasteiger partial charge is 0.341 e. The van der Waals surface area contributed by atoms with Gasteiger partial charge in [0, 0.05) is 11.3 Å². The first-order chi connectivity index (χ1) is 16.2. The molecule has 2 aromatic carbocycles. The highest BCUT2D eigenvalue weighted by molar-refractivity contribution is 8.18. The summed E-state index contributed by atoms with van der Waals surface area (Å²) in [6.07, 6.45) is 1.42. The molecule has 1 aliphatic rings. The highest BCUT2D eigenvalue weighted by Crippen LogP contribution is 2.37. The molecule has 9 nitrogen and oxygen atoms in total. The number of aliphatic carboxylic acids is 1. The van der Waals surface area contributed by atoms with Crippen LogP contribution >= 0.6 is 11.8 Å². The maximum atomic E-state index is 12.9. The van der Waals surface area contributed by atoms with E-state index in [4.69, 9.17) is 14.6 Å². The molecule has 0 bridgehead atoms. The van der Waals surface area contributed by atoms with Crippen LogP contribution in [0, 0.1) is 13.8 Å². The molecule has 0 aliphatic carbocycles. The van der Waals surface area contributed by atoms with Gasteiger partial charge in [-0.1, -0.05) is 30.3 Å². The molecule has 2 aromatic rings. The van der Waals surface area contributed by atoms with Crippen molar-refractivity contribution in [2.45, 2.75) is 20.8 Å². The van der Waals surface area contributed by atoms with Crippen molar-refractivity contribution >= 4 is 46.5 Å². The van der Waals surface area contributed by atoms with Gasteiger partial charge < -0.3 is 19.9 Å². The fourth-order valence-electron chi connectivity index (χ4n) is 3.32. The third-order valence-electron chi connectivity index (χ3n) is 4.86. The number of carboxylic acids is 1. The van der Waals surface area contributed by atoms with Crippen LogP contribution in [0.3, 0.4) is 0 Å². The topological polar surface area (TPSA) is 122 Å². The zero-order valence-corrected chi connectivity index (χ0v) is 19.7. The lowest BCUT2D eigenvalue weighted by molar-refractivity contribution is -0.139. The van der Waals surface area contributed by atoms with E-state index in [0.717, 1.165) is 16.0 Å². The zero-order valence-electron chi connectivity index (χ0n) is 18.9. The van der Waals surface area contributed by atoms with Gasteiger partial charge in [0.25, 0.3) is 11.1 Å². The van der Waals surface area contributed by atoms with Crippen LogP contribution in [0.1, 0.15) is 23.6 Å².